The number of carbonyl (C=O) groups is 1. The summed E-state index contributed by atoms with van der Waals surface area (Å²) in [5, 5.41) is 7.72. The second-order valence-corrected chi connectivity index (χ2v) is 7.83. The van der Waals surface area contributed by atoms with Crippen LogP contribution in [0.15, 0.2) is 6.20 Å². The number of alkyl halides is 3. The zero-order chi connectivity index (χ0) is 17.7. The van der Waals surface area contributed by atoms with E-state index in [1.165, 1.54) is 11.3 Å². The quantitative estimate of drug-likeness (QED) is 0.913. The van der Waals surface area contributed by atoms with Crippen molar-refractivity contribution in [1.29, 1.82) is 0 Å². The number of halogens is 3. The highest BCUT2D eigenvalue weighted by Gasteiger charge is 2.39. The first-order chi connectivity index (χ1) is 11.0. The number of aromatic nitrogens is 3. The molecule has 0 spiro atoms. The first kappa shape index (κ1) is 17.0. The molecular formula is C14H18F3N5OS. The van der Waals surface area contributed by atoms with Crippen LogP contribution in [0, 0.1) is 0 Å². The average molecular weight is 361 g/mol. The Bertz CT molecular complexity index is 729. The summed E-state index contributed by atoms with van der Waals surface area (Å²) in [5.74, 6) is -0.546. The van der Waals surface area contributed by atoms with E-state index >= 15 is 0 Å². The van der Waals surface area contributed by atoms with E-state index in [0.29, 0.717) is 16.5 Å². The maximum Gasteiger partial charge on any atom is 0.406 e. The predicted molar refractivity (Wildman–Crippen MR) is 84.2 cm³/mol. The number of amides is 1. The van der Waals surface area contributed by atoms with Gasteiger partial charge >= 0.3 is 6.18 Å². The van der Waals surface area contributed by atoms with E-state index in [9.17, 15) is 18.0 Å². The molecule has 0 aromatic carbocycles. The monoisotopic (exact) mass is 361 g/mol. The summed E-state index contributed by atoms with van der Waals surface area (Å²) in [6.07, 6.45) is -2.23. The minimum atomic E-state index is -4.38. The maximum absolute atomic E-state index is 12.4. The Kier molecular flexibility index (Phi) is 3.97. The van der Waals surface area contributed by atoms with Crippen molar-refractivity contribution in [2.45, 2.75) is 44.8 Å². The Morgan fingerprint density at radius 1 is 1.38 bits per heavy atom. The Morgan fingerprint density at radius 3 is 2.67 bits per heavy atom. The van der Waals surface area contributed by atoms with Gasteiger partial charge in [-0.2, -0.15) is 13.2 Å². The van der Waals surface area contributed by atoms with E-state index < -0.39 is 24.7 Å². The fourth-order valence-corrected chi connectivity index (χ4v) is 3.35. The zero-order valence-corrected chi connectivity index (χ0v) is 14.3. The fraction of sp³-hybridized carbons (Fsp3) is 0.643. The molecule has 10 heteroatoms. The van der Waals surface area contributed by atoms with E-state index in [-0.39, 0.29) is 12.0 Å². The summed E-state index contributed by atoms with van der Waals surface area (Å²) in [5.41, 5.74) is 0.807. The fourth-order valence-electron chi connectivity index (χ4n) is 2.52. The number of hydrogen-bond acceptors (Lipinski definition) is 5. The third-order valence-electron chi connectivity index (χ3n) is 3.78. The van der Waals surface area contributed by atoms with E-state index in [4.69, 9.17) is 0 Å². The number of rotatable bonds is 3. The maximum atomic E-state index is 12.4. The Hall–Kier alpha value is -1.84. The minimum Gasteiger partial charge on any atom is -0.348 e. The van der Waals surface area contributed by atoms with Gasteiger partial charge in [0, 0.05) is 12.0 Å². The van der Waals surface area contributed by atoms with Gasteiger partial charge in [0.05, 0.1) is 11.9 Å². The zero-order valence-electron chi connectivity index (χ0n) is 13.5. The molecule has 2 aromatic rings. The molecule has 0 bridgehead atoms. The highest BCUT2D eigenvalue weighted by molar-refractivity contribution is 7.20. The van der Waals surface area contributed by atoms with Gasteiger partial charge in [0.25, 0.3) is 0 Å². The summed E-state index contributed by atoms with van der Waals surface area (Å²) in [7, 11) is 0. The molecule has 2 aromatic heterocycles. The van der Waals surface area contributed by atoms with Gasteiger partial charge in [-0.05, 0) is 6.42 Å². The molecule has 3 heterocycles. The normalized spacial score (nSPS) is 19.5. The number of imidazole rings is 1. The number of carbonyl (C=O) groups excluding carboxylic acids is 1. The van der Waals surface area contributed by atoms with Gasteiger partial charge in [0.2, 0.25) is 16.0 Å². The topological polar surface area (TPSA) is 62.5 Å². The van der Waals surface area contributed by atoms with Crippen LogP contribution in [0.5, 0.6) is 0 Å². The molecule has 24 heavy (non-hydrogen) atoms. The van der Waals surface area contributed by atoms with E-state index in [0.717, 1.165) is 10.6 Å². The number of anilines is 1. The van der Waals surface area contributed by atoms with Gasteiger partial charge in [0.1, 0.15) is 12.6 Å². The summed E-state index contributed by atoms with van der Waals surface area (Å²) < 4.78 is 38.9. The molecule has 3 rings (SSSR count). The second-order valence-electron chi connectivity index (χ2n) is 6.87. The van der Waals surface area contributed by atoms with Crippen LogP contribution in [-0.2, 0) is 10.2 Å². The Labute approximate surface area is 140 Å². The van der Waals surface area contributed by atoms with Gasteiger partial charge < -0.3 is 10.2 Å². The molecule has 0 saturated carbocycles. The van der Waals surface area contributed by atoms with Crippen LogP contribution in [-0.4, -0.2) is 50.7 Å². The van der Waals surface area contributed by atoms with Crippen molar-refractivity contribution in [2.24, 2.45) is 0 Å². The summed E-state index contributed by atoms with van der Waals surface area (Å²) >= 11 is 1.27. The molecule has 6 nitrogen and oxygen atoms in total. The third-order valence-corrected chi connectivity index (χ3v) is 4.63. The molecule has 1 fully saturated rings. The molecule has 1 aliphatic heterocycles. The SMILES string of the molecule is CC(C)(C)c1cn2nc(NC3CCN(CC(F)(F)F)C3=O)sc2n1. The number of hydrogen-bond donors (Lipinski definition) is 1. The van der Waals surface area contributed by atoms with Crippen LogP contribution in [0.3, 0.4) is 0 Å². The highest BCUT2D eigenvalue weighted by Crippen LogP contribution is 2.27. The molecule has 0 radical (unpaired) electrons. The molecule has 1 saturated heterocycles. The number of nitrogens with one attached hydrogen (secondary N) is 1. The molecule has 1 amide bonds. The largest absolute Gasteiger partial charge is 0.406 e. The summed E-state index contributed by atoms with van der Waals surface area (Å²) in [6.45, 7) is 5.02. The van der Waals surface area contributed by atoms with Crippen LogP contribution >= 0.6 is 11.3 Å². The molecule has 0 aliphatic carbocycles. The number of fused-ring (bicyclic) bond motifs is 1. The Morgan fingerprint density at radius 2 is 2.08 bits per heavy atom. The van der Waals surface area contributed by atoms with Gasteiger partial charge in [-0.3, -0.25) is 4.79 Å². The molecule has 132 valence electrons. The summed E-state index contributed by atoms with van der Waals surface area (Å²) in [4.78, 5) is 18.0. The lowest BCUT2D eigenvalue weighted by Gasteiger charge is -2.18. The van der Waals surface area contributed by atoms with Gasteiger partial charge in [0.15, 0.2) is 0 Å². The molecular weight excluding hydrogens is 343 g/mol. The Balaban J connectivity index is 1.69. The van der Waals surface area contributed by atoms with Crippen LogP contribution in [0.4, 0.5) is 18.3 Å². The number of nitrogens with zero attached hydrogens (tertiary/aromatic N) is 4. The molecule has 1 unspecified atom stereocenters. The van der Waals surface area contributed by atoms with Crippen molar-refractivity contribution in [3.8, 4) is 0 Å². The standard InChI is InChI=1S/C14H18F3N5OS/c1-13(2,3)9-6-22-12(19-9)24-11(20-22)18-8-4-5-21(10(8)23)7-14(15,16)17/h6,8H,4-5,7H2,1-3H3,(H,18,20). The number of likely N-dealkylation sites (tertiary alicyclic amines) is 1. The van der Waals surface area contributed by atoms with Crippen molar-refractivity contribution in [3.63, 3.8) is 0 Å². The first-order valence-electron chi connectivity index (χ1n) is 7.52. The van der Waals surface area contributed by atoms with Crippen molar-refractivity contribution < 1.29 is 18.0 Å². The van der Waals surface area contributed by atoms with E-state index in [1.807, 2.05) is 27.0 Å². The van der Waals surface area contributed by atoms with E-state index in [1.54, 1.807) is 4.52 Å². The second kappa shape index (κ2) is 5.61. The predicted octanol–water partition coefficient (Wildman–Crippen LogP) is 2.66. The molecule has 1 N–H and O–H groups in total. The van der Waals surface area contributed by atoms with Crippen molar-refractivity contribution >= 4 is 27.3 Å². The summed E-state index contributed by atoms with van der Waals surface area (Å²) in [6, 6.07) is -0.676. The molecule has 1 atom stereocenters. The van der Waals surface area contributed by atoms with Crippen LogP contribution in [0.2, 0.25) is 0 Å². The third kappa shape index (κ3) is 3.47. The van der Waals surface area contributed by atoms with Crippen LogP contribution in [0.1, 0.15) is 32.9 Å². The highest BCUT2D eigenvalue weighted by atomic mass is 32.1. The van der Waals surface area contributed by atoms with Crippen molar-refractivity contribution in [3.05, 3.63) is 11.9 Å². The average Bonchev–Trinajstić information content (AvgIpc) is 3.04. The van der Waals surface area contributed by atoms with Crippen LogP contribution < -0.4 is 5.32 Å². The van der Waals surface area contributed by atoms with Crippen molar-refractivity contribution in [1.82, 2.24) is 19.5 Å². The smallest absolute Gasteiger partial charge is 0.348 e. The van der Waals surface area contributed by atoms with E-state index in [2.05, 4.69) is 15.4 Å². The minimum absolute atomic E-state index is 0.0900. The lowest BCUT2D eigenvalue weighted by Crippen LogP contribution is -2.39. The van der Waals surface area contributed by atoms with Gasteiger partial charge in [-0.15, -0.1) is 5.10 Å². The first-order valence-corrected chi connectivity index (χ1v) is 8.33. The molecule has 1 aliphatic rings. The lowest BCUT2D eigenvalue weighted by atomic mass is 9.93. The van der Waals surface area contributed by atoms with Gasteiger partial charge in [-0.1, -0.05) is 32.1 Å². The lowest BCUT2D eigenvalue weighted by molar-refractivity contribution is -0.157. The van der Waals surface area contributed by atoms with Crippen molar-refractivity contribution in [2.75, 3.05) is 18.4 Å². The van der Waals surface area contributed by atoms with Crippen LogP contribution in [0.25, 0.3) is 4.96 Å². The van der Waals surface area contributed by atoms with Gasteiger partial charge in [-0.25, -0.2) is 9.50 Å².